The van der Waals surface area contributed by atoms with Crippen LogP contribution >= 0.6 is 0 Å². The molecule has 104 valence electrons. The topological polar surface area (TPSA) is 40.5 Å². The maximum absolute atomic E-state index is 13.1. The predicted molar refractivity (Wildman–Crippen MR) is 71.6 cm³/mol. The number of aryl methyl sites for hydroxylation is 1. The van der Waals surface area contributed by atoms with Crippen molar-refractivity contribution in [1.82, 2.24) is 4.90 Å². The summed E-state index contributed by atoms with van der Waals surface area (Å²) in [5.74, 6) is -1.01. The molecule has 1 fully saturated rings. The van der Waals surface area contributed by atoms with E-state index in [0.717, 1.165) is 31.4 Å². The summed E-state index contributed by atoms with van der Waals surface area (Å²) in [7, 11) is 2.03. The van der Waals surface area contributed by atoms with E-state index in [2.05, 4.69) is 4.90 Å². The van der Waals surface area contributed by atoms with Crippen molar-refractivity contribution in [2.24, 2.45) is 5.92 Å². The van der Waals surface area contributed by atoms with Gasteiger partial charge in [0, 0.05) is 12.6 Å². The van der Waals surface area contributed by atoms with Gasteiger partial charge in [0.25, 0.3) is 0 Å². The lowest BCUT2D eigenvalue weighted by Gasteiger charge is -2.39. The highest BCUT2D eigenvalue weighted by Gasteiger charge is 2.36. The van der Waals surface area contributed by atoms with Gasteiger partial charge in [-0.25, -0.2) is 4.39 Å². The molecule has 2 rings (SSSR count). The second kappa shape index (κ2) is 5.70. The van der Waals surface area contributed by atoms with Crippen molar-refractivity contribution in [3.8, 4) is 0 Å². The van der Waals surface area contributed by atoms with Crippen LogP contribution in [0.2, 0.25) is 0 Å². The third-order valence-electron chi connectivity index (χ3n) is 4.06. The van der Waals surface area contributed by atoms with E-state index in [1.807, 2.05) is 19.2 Å². The summed E-state index contributed by atoms with van der Waals surface area (Å²) in [6.07, 6.45) is 2.36. The Morgan fingerprint density at radius 2 is 2.16 bits per heavy atom. The van der Waals surface area contributed by atoms with Gasteiger partial charge >= 0.3 is 5.97 Å². The summed E-state index contributed by atoms with van der Waals surface area (Å²) >= 11 is 0. The number of hydrogen-bond donors (Lipinski definition) is 1. The van der Waals surface area contributed by atoms with Gasteiger partial charge in [0.1, 0.15) is 5.82 Å². The lowest BCUT2D eigenvalue weighted by Crippen LogP contribution is -2.45. The molecule has 0 aromatic heterocycles. The van der Waals surface area contributed by atoms with Gasteiger partial charge in [-0.3, -0.25) is 4.79 Å². The van der Waals surface area contributed by atoms with Crippen molar-refractivity contribution in [2.45, 2.75) is 32.2 Å². The first-order valence-corrected chi connectivity index (χ1v) is 6.65. The first-order valence-electron chi connectivity index (χ1n) is 6.65. The molecule has 1 aromatic carbocycles. The quantitative estimate of drug-likeness (QED) is 0.889. The van der Waals surface area contributed by atoms with Gasteiger partial charge in [0.15, 0.2) is 0 Å². The third-order valence-corrected chi connectivity index (χ3v) is 4.06. The monoisotopic (exact) mass is 265 g/mol. The Morgan fingerprint density at radius 3 is 2.74 bits per heavy atom. The van der Waals surface area contributed by atoms with E-state index in [1.165, 1.54) is 6.07 Å². The molecule has 0 spiro atoms. The molecule has 1 N–H and O–H groups in total. The molecule has 0 amide bonds. The summed E-state index contributed by atoms with van der Waals surface area (Å²) in [6.45, 7) is 2.65. The molecule has 3 nitrogen and oxygen atoms in total. The van der Waals surface area contributed by atoms with Crippen LogP contribution in [0, 0.1) is 18.7 Å². The minimum atomic E-state index is -0.682. The number of aliphatic carboxylic acids is 1. The Hall–Kier alpha value is -1.42. The molecule has 1 aromatic rings. The summed E-state index contributed by atoms with van der Waals surface area (Å²) in [4.78, 5) is 13.0. The number of nitrogens with zero attached hydrogens (tertiary/aromatic N) is 1. The van der Waals surface area contributed by atoms with Crippen LogP contribution in [0.4, 0.5) is 4.39 Å². The van der Waals surface area contributed by atoms with Crippen molar-refractivity contribution >= 4 is 5.97 Å². The Kier molecular flexibility index (Phi) is 4.20. The molecule has 1 aliphatic carbocycles. The van der Waals surface area contributed by atoms with Crippen LogP contribution in [0.1, 0.15) is 24.0 Å². The van der Waals surface area contributed by atoms with E-state index in [-0.39, 0.29) is 11.7 Å². The Bertz CT molecular complexity index is 469. The average Bonchev–Trinajstić information content (AvgIpc) is 2.28. The largest absolute Gasteiger partial charge is 0.481 e. The first-order chi connectivity index (χ1) is 8.97. The molecule has 0 aliphatic heterocycles. The van der Waals surface area contributed by atoms with Crippen LogP contribution in [0.5, 0.6) is 0 Å². The van der Waals surface area contributed by atoms with E-state index in [4.69, 9.17) is 5.11 Å². The molecule has 0 radical (unpaired) electrons. The van der Waals surface area contributed by atoms with Gasteiger partial charge in [-0.1, -0.05) is 12.1 Å². The van der Waals surface area contributed by atoms with E-state index in [1.54, 1.807) is 6.92 Å². The normalized spacial score (nSPS) is 22.3. The molecular formula is C15H20FNO2. The smallest absolute Gasteiger partial charge is 0.306 e. The van der Waals surface area contributed by atoms with Crippen LogP contribution in [-0.2, 0) is 11.2 Å². The second-order valence-electron chi connectivity index (χ2n) is 5.47. The fraction of sp³-hybridized carbons (Fsp3) is 0.533. The lowest BCUT2D eigenvalue weighted by atomic mass is 9.79. The van der Waals surface area contributed by atoms with Gasteiger partial charge in [0.05, 0.1) is 5.92 Å². The number of hydrogen-bond acceptors (Lipinski definition) is 2. The molecule has 0 saturated heterocycles. The molecule has 0 atom stereocenters. The van der Waals surface area contributed by atoms with Gasteiger partial charge in [-0.2, -0.15) is 0 Å². The van der Waals surface area contributed by atoms with Gasteiger partial charge in [-0.05, 0) is 50.4 Å². The van der Waals surface area contributed by atoms with Crippen molar-refractivity contribution in [3.05, 3.63) is 35.1 Å². The Balaban J connectivity index is 1.79. The maximum Gasteiger partial charge on any atom is 0.306 e. The highest BCUT2D eigenvalue weighted by atomic mass is 19.1. The van der Waals surface area contributed by atoms with E-state index in [9.17, 15) is 9.18 Å². The highest BCUT2D eigenvalue weighted by Crippen LogP contribution is 2.31. The Labute approximate surface area is 113 Å². The number of carboxylic acids is 1. The molecule has 0 unspecified atom stereocenters. The average molecular weight is 265 g/mol. The number of carboxylic acid groups (broad SMARTS) is 1. The van der Waals surface area contributed by atoms with Gasteiger partial charge < -0.3 is 10.0 Å². The summed E-state index contributed by atoms with van der Waals surface area (Å²) in [5.41, 5.74) is 1.80. The molecule has 0 heterocycles. The summed E-state index contributed by atoms with van der Waals surface area (Å²) in [5, 5.41) is 8.84. The number of carbonyl (C=O) groups is 1. The SMILES string of the molecule is Cc1cc(CCN(C)C2CC(C(=O)O)C2)ccc1F. The maximum atomic E-state index is 13.1. The van der Waals surface area contributed by atoms with Crippen LogP contribution in [-0.4, -0.2) is 35.6 Å². The Morgan fingerprint density at radius 1 is 1.47 bits per heavy atom. The molecule has 4 heteroatoms. The van der Waals surface area contributed by atoms with Crippen molar-refractivity contribution in [1.29, 1.82) is 0 Å². The number of rotatable bonds is 5. The van der Waals surface area contributed by atoms with Gasteiger partial charge in [-0.15, -0.1) is 0 Å². The summed E-state index contributed by atoms with van der Waals surface area (Å²) in [6, 6.07) is 5.58. The van der Waals surface area contributed by atoms with Crippen LogP contribution in [0.15, 0.2) is 18.2 Å². The van der Waals surface area contributed by atoms with Crippen LogP contribution in [0.25, 0.3) is 0 Å². The second-order valence-corrected chi connectivity index (χ2v) is 5.47. The van der Waals surface area contributed by atoms with Crippen molar-refractivity contribution in [3.63, 3.8) is 0 Å². The third kappa shape index (κ3) is 3.32. The summed E-state index contributed by atoms with van der Waals surface area (Å²) < 4.78 is 13.1. The van der Waals surface area contributed by atoms with E-state index < -0.39 is 5.97 Å². The zero-order chi connectivity index (χ0) is 14.0. The lowest BCUT2D eigenvalue weighted by molar-refractivity contribution is -0.146. The molecular weight excluding hydrogens is 245 g/mol. The van der Waals surface area contributed by atoms with E-state index >= 15 is 0 Å². The molecule has 1 aliphatic rings. The molecule has 19 heavy (non-hydrogen) atoms. The highest BCUT2D eigenvalue weighted by molar-refractivity contribution is 5.71. The fourth-order valence-electron chi connectivity index (χ4n) is 2.50. The molecule has 1 saturated carbocycles. The fourth-order valence-corrected chi connectivity index (χ4v) is 2.50. The van der Waals surface area contributed by atoms with Crippen LogP contribution < -0.4 is 0 Å². The number of likely N-dealkylation sites (N-methyl/N-ethyl adjacent to an activating group) is 1. The minimum absolute atomic E-state index is 0.166. The predicted octanol–water partition coefficient (Wildman–Crippen LogP) is 2.47. The number of benzene rings is 1. The zero-order valence-corrected chi connectivity index (χ0v) is 11.4. The molecule has 0 bridgehead atoms. The van der Waals surface area contributed by atoms with Crippen LogP contribution in [0.3, 0.4) is 0 Å². The minimum Gasteiger partial charge on any atom is -0.481 e. The van der Waals surface area contributed by atoms with Crippen molar-refractivity contribution in [2.75, 3.05) is 13.6 Å². The number of halogens is 1. The van der Waals surface area contributed by atoms with Gasteiger partial charge in [0.2, 0.25) is 0 Å². The first kappa shape index (κ1) is 14.0. The van der Waals surface area contributed by atoms with Crippen molar-refractivity contribution < 1.29 is 14.3 Å². The van der Waals surface area contributed by atoms with E-state index in [0.29, 0.717) is 11.6 Å². The standard InChI is InChI=1S/C15H20FNO2/c1-10-7-11(3-4-14(10)16)5-6-17(2)13-8-12(9-13)15(18)19/h3-4,7,12-13H,5-6,8-9H2,1-2H3,(H,18,19). The zero-order valence-electron chi connectivity index (χ0n) is 11.4.